The number of aromatic nitrogens is 3. The number of nitrogens with one attached hydrogen (secondary N) is 1. The molecule has 0 aliphatic heterocycles. The Balaban J connectivity index is 1.87. The summed E-state index contributed by atoms with van der Waals surface area (Å²) >= 11 is 0. The third kappa shape index (κ3) is 2.91. The molecule has 0 atom stereocenters. The Morgan fingerprint density at radius 3 is 2.59 bits per heavy atom. The highest BCUT2D eigenvalue weighted by Gasteiger charge is 2.02. The van der Waals surface area contributed by atoms with Crippen LogP contribution in [-0.4, -0.2) is 14.8 Å². The Morgan fingerprint density at radius 2 is 2.00 bits per heavy atom. The average molecular weight is 230 g/mol. The lowest BCUT2D eigenvalue weighted by molar-refractivity contribution is 0.672. The Labute approximate surface area is 102 Å². The highest BCUT2D eigenvalue weighted by atomic mass is 15.3. The van der Waals surface area contributed by atoms with E-state index in [0.29, 0.717) is 0 Å². The molecule has 2 aromatic heterocycles. The second-order valence-corrected chi connectivity index (χ2v) is 4.31. The first-order valence-electron chi connectivity index (χ1n) is 5.76. The fourth-order valence-corrected chi connectivity index (χ4v) is 1.65. The van der Waals surface area contributed by atoms with E-state index in [0.717, 1.165) is 18.8 Å². The average Bonchev–Trinajstić information content (AvgIpc) is 2.64. The fraction of sp³-hybridized carbons (Fsp3) is 0.385. The molecule has 0 amide bonds. The minimum absolute atomic E-state index is 0.786. The summed E-state index contributed by atoms with van der Waals surface area (Å²) in [5, 5.41) is 7.59. The first kappa shape index (κ1) is 11.8. The van der Waals surface area contributed by atoms with Gasteiger partial charge in [0.05, 0.1) is 11.9 Å². The summed E-state index contributed by atoms with van der Waals surface area (Å²) in [6.45, 7) is 5.74. The van der Waals surface area contributed by atoms with Crippen LogP contribution in [0.5, 0.6) is 0 Å². The minimum atomic E-state index is 0.786. The number of rotatable bonds is 4. The molecule has 0 saturated heterocycles. The summed E-state index contributed by atoms with van der Waals surface area (Å²) in [4.78, 5) is 4.35. The van der Waals surface area contributed by atoms with E-state index in [2.05, 4.69) is 34.5 Å². The third-order valence-corrected chi connectivity index (χ3v) is 2.93. The van der Waals surface area contributed by atoms with Crippen molar-refractivity contribution in [2.45, 2.75) is 26.9 Å². The van der Waals surface area contributed by atoms with E-state index < -0.39 is 0 Å². The van der Waals surface area contributed by atoms with Crippen LogP contribution in [0.15, 0.2) is 24.5 Å². The molecule has 4 nitrogen and oxygen atoms in total. The predicted molar refractivity (Wildman–Crippen MR) is 67.5 cm³/mol. The summed E-state index contributed by atoms with van der Waals surface area (Å²) in [5.74, 6) is 0. The van der Waals surface area contributed by atoms with E-state index in [9.17, 15) is 0 Å². The van der Waals surface area contributed by atoms with E-state index in [1.165, 1.54) is 16.8 Å². The molecule has 0 aromatic carbocycles. The molecule has 0 aliphatic rings. The lowest BCUT2D eigenvalue weighted by Gasteiger charge is -2.04. The lowest BCUT2D eigenvalue weighted by atomic mass is 10.2. The van der Waals surface area contributed by atoms with E-state index >= 15 is 0 Å². The van der Waals surface area contributed by atoms with Crippen molar-refractivity contribution in [3.8, 4) is 0 Å². The van der Waals surface area contributed by atoms with Gasteiger partial charge < -0.3 is 5.32 Å². The molecule has 2 rings (SSSR count). The van der Waals surface area contributed by atoms with Crippen molar-refractivity contribution < 1.29 is 0 Å². The first-order chi connectivity index (χ1) is 8.16. The zero-order chi connectivity index (χ0) is 12.3. The monoisotopic (exact) mass is 230 g/mol. The van der Waals surface area contributed by atoms with Gasteiger partial charge in [-0.25, -0.2) is 0 Å². The standard InChI is InChI=1S/C13H18N4/c1-10-4-5-13(15-6-10)9-14-7-12-8-16-17(3)11(12)2/h4-6,8,14H,7,9H2,1-3H3. The van der Waals surface area contributed by atoms with Crippen LogP contribution < -0.4 is 5.32 Å². The van der Waals surface area contributed by atoms with Crippen LogP contribution in [0.1, 0.15) is 22.5 Å². The Morgan fingerprint density at radius 1 is 1.18 bits per heavy atom. The molecule has 17 heavy (non-hydrogen) atoms. The molecule has 2 heterocycles. The van der Waals surface area contributed by atoms with E-state index in [1.54, 1.807) is 0 Å². The van der Waals surface area contributed by atoms with Crippen LogP contribution in [0.25, 0.3) is 0 Å². The van der Waals surface area contributed by atoms with E-state index in [1.807, 2.05) is 31.0 Å². The quantitative estimate of drug-likeness (QED) is 0.869. The van der Waals surface area contributed by atoms with Crippen molar-refractivity contribution in [1.82, 2.24) is 20.1 Å². The second-order valence-electron chi connectivity index (χ2n) is 4.31. The molecule has 0 radical (unpaired) electrons. The lowest BCUT2D eigenvalue weighted by Crippen LogP contribution is -2.14. The molecule has 0 unspecified atom stereocenters. The van der Waals surface area contributed by atoms with Gasteiger partial charge in [-0.05, 0) is 25.5 Å². The van der Waals surface area contributed by atoms with Gasteiger partial charge in [0.25, 0.3) is 0 Å². The molecule has 0 spiro atoms. The van der Waals surface area contributed by atoms with E-state index in [-0.39, 0.29) is 0 Å². The van der Waals surface area contributed by atoms with E-state index in [4.69, 9.17) is 0 Å². The highest BCUT2D eigenvalue weighted by molar-refractivity contribution is 5.16. The van der Waals surface area contributed by atoms with Crippen LogP contribution in [0, 0.1) is 13.8 Å². The molecule has 2 aromatic rings. The molecule has 1 N–H and O–H groups in total. The summed E-state index contributed by atoms with van der Waals surface area (Å²) in [6, 6.07) is 4.14. The number of hydrogen-bond acceptors (Lipinski definition) is 3. The molecule has 0 bridgehead atoms. The SMILES string of the molecule is Cc1ccc(CNCc2cnn(C)c2C)nc1. The third-order valence-electron chi connectivity index (χ3n) is 2.93. The van der Waals surface area contributed by atoms with Gasteiger partial charge in [-0.15, -0.1) is 0 Å². The van der Waals surface area contributed by atoms with Crippen molar-refractivity contribution >= 4 is 0 Å². The van der Waals surface area contributed by atoms with Crippen LogP contribution in [0.2, 0.25) is 0 Å². The zero-order valence-corrected chi connectivity index (χ0v) is 10.6. The maximum atomic E-state index is 4.35. The second kappa shape index (κ2) is 5.10. The van der Waals surface area contributed by atoms with Crippen molar-refractivity contribution in [2.75, 3.05) is 0 Å². The van der Waals surface area contributed by atoms with Crippen LogP contribution in [-0.2, 0) is 20.1 Å². The van der Waals surface area contributed by atoms with Crippen LogP contribution in [0.3, 0.4) is 0 Å². The molecular weight excluding hydrogens is 212 g/mol. The number of aryl methyl sites for hydroxylation is 2. The molecule has 4 heteroatoms. The first-order valence-corrected chi connectivity index (χ1v) is 5.76. The van der Waals surface area contributed by atoms with Gasteiger partial charge in [0.15, 0.2) is 0 Å². The van der Waals surface area contributed by atoms with Gasteiger partial charge in [0.2, 0.25) is 0 Å². The predicted octanol–water partition coefficient (Wildman–Crippen LogP) is 1.72. The van der Waals surface area contributed by atoms with Crippen molar-refractivity contribution in [1.29, 1.82) is 0 Å². The topological polar surface area (TPSA) is 42.7 Å². The maximum absolute atomic E-state index is 4.35. The summed E-state index contributed by atoms with van der Waals surface area (Å²) in [6.07, 6.45) is 3.80. The van der Waals surface area contributed by atoms with Gasteiger partial charge >= 0.3 is 0 Å². The molecular formula is C13H18N4. The fourth-order valence-electron chi connectivity index (χ4n) is 1.65. The van der Waals surface area contributed by atoms with Gasteiger partial charge in [-0.1, -0.05) is 6.07 Å². The number of pyridine rings is 1. The van der Waals surface area contributed by atoms with Crippen LogP contribution in [0.4, 0.5) is 0 Å². The van der Waals surface area contributed by atoms with Crippen LogP contribution >= 0.6 is 0 Å². The smallest absolute Gasteiger partial charge is 0.0541 e. The summed E-state index contributed by atoms with van der Waals surface area (Å²) < 4.78 is 1.89. The Hall–Kier alpha value is -1.68. The van der Waals surface area contributed by atoms with Gasteiger partial charge in [0, 0.05) is 37.6 Å². The number of nitrogens with zero attached hydrogens (tertiary/aromatic N) is 3. The maximum Gasteiger partial charge on any atom is 0.0541 e. The minimum Gasteiger partial charge on any atom is -0.307 e. The van der Waals surface area contributed by atoms with Gasteiger partial charge in [-0.3, -0.25) is 9.67 Å². The molecule has 0 aliphatic carbocycles. The van der Waals surface area contributed by atoms with Crippen molar-refractivity contribution in [3.63, 3.8) is 0 Å². The van der Waals surface area contributed by atoms with Gasteiger partial charge in [0.1, 0.15) is 0 Å². The normalized spacial score (nSPS) is 10.8. The van der Waals surface area contributed by atoms with Gasteiger partial charge in [-0.2, -0.15) is 5.10 Å². The Kier molecular flexibility index (Phi) is 3.54. The Bertz CT molecular complexity index is 485. The largest absolute Gasteiger partial charge is 0.307 e. The number of hydrogen-bond donors (Lipinski definition) is 1. The molecule has 0 saturated carbocycles. The highest BCUT2D eigenvalue weighted by Crippen LogP contribution is 2.05. The van der Waals surface area contributed by atoms with Crippen molar-refractivity contribution in [2.24, 2.45) is 7.05 Å². The summed E-state index contributed by atoms with van der Waals surface area (Å²) in [7, 11) is 1.96. The molecule has 0 fully saturated rings. The molecule has 90 valence electrons. The zero-order valence-electron chi connectivity index (χ0n) is 10.6. The summed E-state index contributed by atoms with van der Waals surface area (Å²) in [5.41, 5.74) is 4.70. The van der Waals surface area contributed by atoms with Crippen molar-refractivity contribution in [3.05, 3.63) is 47.0 Å².